The zero-order valence-electron chi connectivity index (χ0n) is 13.9. The van der Waals surface area contributed by atoms with Gasteiger partial charge in [0.25, 0.3) is 0 Å². The smallest absolute Gasteiger partial charge is 0.247 e. The number of hydrogen-bond donors (Lipinski definition) is 1. The summed E-state index contributed by atoms with van der Waals surface area (Å²) in [6.07, 6.45) is 0.437. The lowest BCUT2D eigenvalue weighted by Gasteiger charge is -2.35. The average Bonchev–Trinajstić information content (AvgIpc) is 2.97. The second-order valence-electron chi connectivity index (χ2n) is 5.43. The molecule has 0 fully saturated rings. The summed E-state index contributed by atoms with van der Waals surface area (Å²) in [4.78, 5) is -1.64. The van der Waals surface area contributed by atoms with Gasteiger partial charge in [-0.3, -0.25) is 0 Å². The molecule has 2 heterocycles. The molecule has 0 radical (unpaired) electrons. The van der Waals surface area contributed by atoms with Crippen LogP contribution in [0.15, 0.2) is 14.5 Å². The summed E-state index contributed by atoms with van der Waals surface area (Å²) in [5, 5.41) is 5.11. The average molecular weight is 416 g/mol. The molecule has 0 spiro atoms. The van der Waals surface area contributed by atoms with E-state index in [-0.39, 0.29) is 34.8 Å². The summed E-state index contributed by atoms with van der Waals surface area (Å²) in [6.45, 7) is 0.138. The lowest BCUT2D eigenvalue weighted by Crippen LogP contribution is -2.48. The highest BCUT2D eigenvalue weighted by Crippen LogP contribution is 2.43. The van der Waals surface area contributed by atoms with Crippen LogP contribution in [0.25, 0.3) is 0 Å². The van der Waals surface area contributed by atoms with Crippen molar-refractivity contribution >= 4 is 31.2 Å². The Morgan fingerprint density at radius 2 is 2.00 bits per heavy atom. The standard InChI is InChI=1S/C13H21NO8S3/c1-19-5-6-21-9-22-13(8-20-2)4-3-10-7-11(25(14,17)18)23-12(10)24(13,15)16/h7H,3-6,8-9H2,1-2H3,(H2,14,17,18). The Kier molecular flexibility index (Phi) is 6.60. The second kappa shape index (κ2) is 7.96. The third kappa shape index (κ3) is 4.22. The first-order valence-electron chi connectivity index (χ1n) is 7.27. The fraction of sp³-hybridized carbons (Fsp3) is 0.692. The summed E-state index contributed by atoms with van der Waals surface area (Å²) in [6, 6.07) is 1.30. The summed E-state index contributed by atoms with van der Waals surface area (Å²) in [7, 11) is -5.09. The van der Waals surface area contributed by atoms with Crippen molar-refractivity contribution in [3.63, 3.8) is 0 Å². The minimum absolute atomic E-state index is 0.0586. The second-order valence-corrected chi connectivity index (χ2v) is 10.7. The molecule has 0 bridgehead atoms. The topological polar surface area (TPSA) is 131 Å². The lowest BCUT2D eigenvalue weighted by molar-refractivity contribution is -0.133. The van der Waals surface area contributed by atoms with E-state index in [2.05, 4.69) is 0 Å². The van der Waals surface area contributed by atoms with Crippen molar-refractivity contribution in [2.24, 2.45) is 5.14 Å². The SMILES string of the molecule is COCCOCOC1(COC)CCc2cc(S(N)(=O)=O)sc2S1(=O)=O. The molecule has 1 aliphatic heterocycles. The Morgan fingerprint density at radius 1 is 1.28 bits per heavy atom. The number of sulfone groups is 1. The molecule has 1 unspecified atom stereocenters. The van der Waals surface area contributed by atoms with E-state index in [1.54, 1.807) is 0 Å². The summed E-state index contributed by atoms with van der Waals surface area (Å²) < 4.78 is 69.6. The van der Waals surface area contributed by atoms with Gasteiger partial charge in [-0.15, -0.1) is 11.3 Å². The normalized spacial score (nSPS) is 22.7. The van der Waals surface area contributed by atoms with E-state index in [4.69, 9.17) is 24.1 Å². The van der Waals surface area contributed by atoms with Crippen molar-refractivity contribution < 1.29 is 35.8 Å². The van der Waals surface area contributed by atoms with Gasteiger partial charge in [0.15, 0.2) is 4.93 Å². The van der Waals surface area contributed by atoms with Crippen molar-refractivity contribution in [2.45, 2.75) is 26.2 Å². The Labute approximate surface area is 151 Å². The first-order valence-corrected chi connectivity index (χ1v) is 11.1. The monoisotopic (exact) mass is 415 g/mol. The molecule has 0 amide bonds. The van der Waals surface area contributed by atoms with Gasteiger partial charge in [-0.05, 0) is 24.5 Å². The van der Waals surface area contributed by atoms with Crippen molar-refractivity contribution in [2.75, 3.05) is 40.8 Å². The fourth-order valence-corrected chi connectivity index (χ4v) is 7.18. The molecule has 1 aliphatic rings. The van der Waals surface area contributed by atoms with E-state index >= 15 is 0 Å². The van der Waals surface area contributed by atoms with Crippen LogP contribution in [0.4, 0.5) is 0 Å². The lowest BCUT2D eigenvalue weighted by atomic mass is 10.1. The van der Waals surface area contributed by atoms with Gasteiger partial charge in [0.1, 0.15) is 15.2 Å². The molecule has 9 nitrogen and oxygen atoms in total. The van der Waals surface area contributed by atoms with E-state index in [1.807, 2.05) is 0 Å². The Morgan fingerprint density at radius 3 is 2.60 bits per heavy atom. The molecule has 0 saturated carbocycles. The first-order chi connectivity index (χ1) is 11.7. The molecule has 144 valence electrons. The van der Waals surface area contributed by atoms with Crippen LogP contribution in [0, 0.1) is 0 Å². The van der Waals surface area contributed by atoms with Crippen molar-refractivity contribution in [3.05, 3.63) is 11.6 Å². The number of aryl methyl sites for hydroxylation is 1. The number of ether oxygens (including phenoxy) is 4. The molecule has 2 N–H and O–H groups in total. The van der Waals surface area contributed by atoms with Crippen molar-refractivity contribution in [3.8, 4) is 0 Å². The molecule has 25 heavy (non-hydrogen) atoms. The zero-order chi connectivity index (χ0) is 18.7. The maximum absolute atomic E-state index is 13.1. The molecule has 12 heteroatoms. The summed E-state index contributed by atoms with van der Waals surface area (Å²) in [5.74, 6) is 0. The van der Waals surface area contributed by atoms with Gasteiger partial charge in [-0.2, -0.15) is 0 Å². The van der Waals surface area contributed by atoms with Crippen LogP contribution >= 0.6 is 11.3 Å². The van der Waals surface area contributed by atoms with Gasteiger partial charge >= 0.3 is 0 Å². The number of fused-ring (bicyclic) bond motifs is 1. The van der Waals surface area contributed by atoms with Crippen LogP contribution in [0.5, 0.6) is 0 Å². The van der Waals surface area contributed by atoms with E-state index in [0.717, 1.165) is 0 Å². The molecular weight excluding hydrogens is 394 g/mol. The van der Waals surface area contributed by atoms with Crippen LogP contribution in [0.1, 0.15) is 12.0 Å². The van der Waals surface area contributed by atoms with Gasteiger partial charge in [-0.1, -0.05) is 0 Å². The molecule has 0 saturated heterocycles. The van der Waals surface area contributed by atoms with Crippen LogP contribution < -0.4 is 5.14 Å². The zero-order valence-corrected chi connectivity index (χ0v) is 16.3. The highest BCUT2D eigenvalue weighted by atomic mass is 32.3. The molecule has 1 atom stereocenters. The van der Waals surface area contributed by atoms with Gasteiger partial charge in [0.2, 0.25) is 19.9 Å². The Bertz CT molecular complexity index is 801. The van der Waals surface area contributed by atoms with Crippen LogP contribution in [0.2, 0.25) is 0 Å². The molecule has 0 aromatic carbocycles. The number of rotatable bonds is 9. The van der Waals surface area contributed by atoms with Gasteiger partial charge < -0.3 is 18.9 Å². The summed E-state index contributed by atoms with van der Waals surface area (Å²) in [5.41, 5.74) is 0.421. The number of thiophene rings is 1. The van der Waals surface area contributed by atoms with Crippen molar-refractivity contribution in [1.29, 1.82) is 0 Å². The number of methoxy groups -OCH3 is 2. The molecular formula is C13H21NO8S3. The van der Waals surface area contributed by atoms with E-state index in [9.17, 15) is 16.8 Å². The van der Waals surface area contributed by atoms with Crippen LogP contribution in [-0.2, 0) is 45.2 Å². The van der Waals surface area contributed by atoms with Crippen LogP contribution in [-0.4, -0.2) is 62.6 Å². The number of hydrogen-bond acceptors (Lipinski definition) is 9. The first kappa shape index (κ1) is 20.7. The maximum Gasteiger partial charge on any atom is 0.247 e. The number of primary sulfonamides is 1. The minimum Gasteiger partial charge on any atom is -0.382 e. The largest absolute Gasteiger partial charge is 0.382 e. The minimum atomic E-state index is -4.00. The third-order valence-corrected chi connectivity index (χ3v) is 9.21. The van der Waals surface area contributed by atoms with E-state index in [1.165, 1.54) is 20.3 Å². The van der Waals surface area contributed by atoms with Crippen LogP contribution in [0.3, 0.4) is 0 Å². The third-order valence-electron chi connectivity index (χ3n) is 3.74. The van der Waals surface area contributed by atoms with E-state index < -0.39 is 24.8 Å². The Balaban J connectivity index is 2.32. The molecule has 2 rings (SSSR count). The maximum atomic E-state index is 13.1. The van der Waals surface area contributed by atoms with Gasteiger partial charge in [0, 0.05) is 14.2 Å². The molecule has 0 aliphatic carbocycles. The van der Waals surface area contributed by atoms with Gasteiger partial charge in [-0.25, -0.2) is 22.0 Å². The highest BCUT2D eigenvalue weighted by molar-refractivity contribution is 7.96. The predicted octanol–water partition coefficient (Wildman–Crippen LogP) is 0.0952. The molecule has 1 aromatic rings. The highest BCUT2D eigenvalue weighted by Gasteiger charge is 2.51. The van der Waals surface area contributed by atoms with Gasteiger partial charge in [0.05, 0.1) is 19.8 Å². The Hall–Kier alpha value is -0.600. The van der Waals surface area contributed by atoms with Crippen molar-refractivity contribution in [1.82, 2.24) is 0 Å². The number of nitrogens with two attached hydrogens (primary N) is 1. The fourth-order valence-electron chi connectivity index (χ4n) is 2.47. The molecule has 1 aromatic heterocycles. The number of sulfonamides is 1. The predicted molar refractivity (Wildman–Crippen MR) is 89.6 cm³/mol. The quantitative estimate of drug-likeness (QED) is 0.444. The van der Waals surface area contributed by atoms with E-state index in [0.29, 0.717) is 29.9 Å². The summed E-state index contributed by atoms with van der Waals surface area (Å²) >= 11 is 0.627.